The SMILES string of the molecule is CC(C)(C)[C@H](NC(=O)NCC1CCCCO1)C(=O)O. The molecule has 0 spiro atoms. The second-order valence-electron chi connectivity index (χ2n) is 5.98. The zero-order valence-electron chi connectivity index (χ0n) is 11.9. The van der Waals surface area contributed by atoms with Gasteiger partial charge >= 0.3 is 12.0 Å². The van der Waals surface area contributed by atoms with Crippen LogP contribution in [0.2, 0.25) is 0 Å². The van der Waals surface area contributed by atoms with E-state index in [4.69, 9.17) is 9.84 Å². The lowest BCUT2D eigenvalue weighted by Crippen LogP contribution is -2.53. The highest BCUT2D eigenvalue weighted by Gasteiger charge is 2.32. The molecule has 19 heavy (non-hydrogen) atoms. The maximum atomic E-state index is 11.7. The first-order valence-corrected chi connectivity index (χ1v) is 6.69. The number of aliphatic carboxylic acids is 1. The number of amides is 2. The Morgan fingerprint density at radius 1 is 1.37 bits per heavy atom. The van der Waals surface area contributed by atoms with Gasteiger partial charge in [-0.05, 0) is 24.7 Å². The monoisotopic (exact) mass is 272 g/mol. The summed E-state index contributed by atoms with van der Waals surface area (Å²) in [6.07, 6.45) is 3.14. The normalized spacial score (nSPS) is 21.5. The van der Waals surface area contributed by atoms with Gasteiger partial charge in [-0.3, -0.25) is 0 Å². The second kappa shape index (κ2) is 6.75. The number of carboxylic acids is 1. The topological polar surface area (TPSA) is 87.7 Å². The highest BCUT2D eigenvalue weighted by atomic mass is 16.5. The molecular formula is C13H24N2O4. The Morgan fingerprint density at radius 2 is 2.05 bits per heavy atom. The molecule has 6 nitrogen and oxygen atoms in total. The zero-order chi connectivity index (χ0) is 14.5. The number of nitrogens with one attached hydrogen (secondary N) is 2. The minimum atomic E-state index is -1.03. The number of hydrogen-bond acceptors (Lipinski definition) is 3. The fourth-order valence-electron chi connectivity index (χ4n) is 2.01. The van der Waals surface area contributed by atoms with Crippen molar-refractivity contribution in [2.24, 2.45) is 5.41 Å². The second-order valence-corrected chi connectivity index (χ2v) is 5.98. The zero-order valence-corrected chi connectivity index (χ0v) is 11.9. The first kappa shape index (κ1) is 15.8. The lowest BCUT2D eigenvalue weighted by Gasteiger charge is -2.28. The largest absolute Gasteiger partial charge is 0.480 e. The molecule has 1 fully saturated rings. The van der Waals surface area contributed by atoms with E-state index in [9.17, 15) is 9.59 Å². The number of ether oxygens (including phenoxy) is 1. The average molecular weight is 272 g/mol. The summed E-state index contributed by atoms with van der Waals surface area (Å²) in [5.41, 5.74) is -0.537. The highest BCUT2D eigenvalue weighted by molar-refractivity contribution is 5.83. The molecule has 110 valence electrons. The maximum Gasteiger partial charge on any atom is 0.326 e. The molecular weight excluding hydrogens is 248 g/mol. The molecule has 1 aliphatic heterocycles. The van der Waals surface area contributed by atoms with E-state index >= 15 is 0 Å². The standard InChI is InChI=1S/C13H24N2O4/c1-13(2,3)10(11(16)17)15-12(18)14-8-9-6-4-5-7-19-9/h9-10H,4-8H2,1-3H3,(H,16,17)(H2,14,15,18)/t9?,10-/m1/s1. The molecule has 1 aliphatic rings. The van der Waals surface area contributed by atoms with Gasteiger partial charge in [-0.15, -0.1) is 0 Å². The summed E-state index contributed by atoms with van der Waals surface area (Å²) in [6.45, 7) is 6.47. The van der Waals surface area contributed by atoms with Gasteiger partial charge in [-0.2, -0.15) is 0 Å². The highest BCUT2D eigenvalue weighted by Crippen LogP contribution is 2.19. The van der Waals surface area contributed by atoms with E-state index in [1.807, 2.05) is 0 Å². The summed E-state index contributed by atoms with van der Waals surface area (Å²) in [6, 6.07) is -1.38. The smallest absolute Gasteiger partial charge is 0.326 e. The fourth-order valence-corrected chi connectivity index (χ4v) is 2.01. The Hall–Kier alpha value is -1.30. The first-order chi connectivity index (χ1) is 8.80. The Morgan fingerprint density at radius 3 is 2.53 bits per heavy atom. The van der Waals surface area contributed by atoms with Crippen LogP contribution in [0.3, 0.4) is 0 Å². The third-order valence-electron chi connectivity index (χ3n) is 3.15. The summed E-state index contributed by atoms with van der Waals surface area (Å²) in [7, 11) is 0. The maximum absolute atomic E-state index is 11.7. The number of carbonyl (C=O) groups excluding carboxylic acids is 1. The van der Waals surface area contributed by atoms with Crippen LogP contribution in [0.1, 0.15) is 40.0 Å². The van der Waals surface area contributed by atoms with E-state index in [1.165, 1.54) is 0 Å². The summed E-state index contributed by atoms with van der Waals surface area (Å²) < 4.78 is 5.49. The number of rotatable bonds is 4. The van der Waals surface area contributed by atoms with Crippen molar-refractivity contribution in [1.29, 1.82) is 0 Å². The van der Waals surface area contributed by atoms with Crippen molar-refractivity contribution in [2.45, 2.75) is 52.2 Å². The van der Waals surface area contributed by atoms with Crippen LogP contribution in [-0.2, 0) is 9.53 Å². The van der Waals surface area contributed by atoms with Gasteiger partial charge < -0.3 is 20.5 Å². The molecule has 3 N–H and O–H groups in total. The van der Waals surface area contributed by atoms with E-state index in [0.717, 1.165) is 25.9 Å². The Balaban J connectivity index is 2.38. The Labute approximate surface area is 113 Å². The van der Waals surface area contributed by atoms with Crippen molar-refractivity contribution in [1.82, 2.24) is 10.6 Å². The summed E-state index contributed by atoms with van der Waals surface area (Å²) in [5.74, 6) is -1.03. The van der Waals surface area contributed by atoms with Crippen molar-refractivity contribution >= 4 is 12.0 Å². The molecule has 1 unspecified atom stereocenters. The van der Waals surface area contributed by atoms with Gasteiger partial charge in [0, 0.05) is 13.2 Å². The molecule has 0 saturated carbocycles. The average Bonchev–Trinajstić information content (AvgIpc) is 2.33. The van der Waals surface area contributed by atoms with E-state index < -0.39 is 23.5 Å². The van der Waals surface area contributed by atoms with Crippen LogP contribution in [0.4, 0.5) is 4.79 Å². The van der Waals surface area contributed by atoms with Crippen LogP contribution in [-0.4, -0.2) is 42.4 Å². The predicted molar refractivity (Wildman–Crippen MR) is 71.0 cm³/mol. The quantitative estimate of drug-likeness (QED) is 0.721. The molecule has 1 heterocycles. The van der Waals surface area contributed by atoms with Gasteiger partial charge in [0.15, 0.2) is 0 Å². The number of hydrogen-bond donors (Lipinski definition) is 3. The molecule has 0 aromatic heterocycles. The summed E-state index contributed by atoms with van der Waals surface area (Å²) in [4.78, 5) is 22.8. The summed E-state index contributed by atoms with van der Waals surface area (Å²) in [5, 5.41) is 14.3. The molecule has 2 atom stereocenters. The molecule has 2 amide bonds. The number of carbonyl (C=O) groups is 2. The Kier molecular flexibility index (Phi) is 5.60. The number of urea groups is 1. The van der Waals surface area contributed by atoms with Gasteiger partial charge in [0.25, 0.3) is 0 Å². The molecule has 0 radical (unpaired) electrons. The van der Waals surface area contributed by atoms with Gasteiger partial charge in [0.05, 0.1) is 6.10 Å². The van der Waals surface area contributed by atoms with Crippen LogP contribution in [0.15, 0.2) is 0 Å². The van der Waals surface area contributed by atoms with E-state index in [2.05, 4.69) is 10.6 Å². The first-order valence-electron chi connectivity index (χ1n) is 6.69. The van der Waals surface area contributed by atoms with Crippen LogP contribution in [0.25, 0.3) is 0 Å². The van der Waals surface area contributed by atoms with Crippen molar-refractivity contribution in [3.8, 4) is 0 Å². The molecule has 0 aliphatic carbocycles. The van der Waals surface area contributed by atoms with Crippen molar-refractivity contribution < 1.29 is 19.4 Å². The molecule has 0 aromatic carbocycles. The third kappa shape index (κ3) is 5.46. The van der Waals surface area contributed by atoms with Crippen LogP contribution in [0.5, 0.6) is 0 Å². The Bertz CT molecular complexity index is 319. The predicted octanol–water partition coefficient (Wildman–Crippen LogP) is 1.35. The lowest BCUT2D eigenvalue weighted by atomic mass is 9.87. The van der Waals surface area contributed by atoms with Crippen molar-refractivity contribution in [3.63, 3.8) is 0 Å². The van der Waals surface area contributed by atoms with E-state index in [1.54, 1.807) is 20.8 Å². The van der Waals surface area contributed by atoms with Gasteiger partial charge in [0.1, 0.15) is 6.04 Å². The molecule has 1 saturated heterocycles. The van der Waals surface area contributed by atoms with Crippen LogP contribution >= 0.6 is 0 Å². The van der Waals surface area contributed by atoms with Crippen molar-refractivity contribution in [3.05, 3.63) is 0 Å². The van der Waals surface area contributed by atoms with Gasteiger partial charge in [-0.25, -0.2) is 9.59 Å². The third-order valence-corrected chi connectivity index (χ3v) is 3.15. The van der Waals surface area contributed by atoms with Crippen molar-refractivity contribution in [2.75, 3.05) is 13.2 Å². The van der Waals surface area contributed by atoms with Crippen LogP contribution < -0.4 is 10.6 Å². The fraction of sp³-hybridized carbons (Fsp3) is 0.846. The summed E-state index contributed by atoms with van der Waals surface area (Å²) >= 11 is 0. The van der Waals surface area contributed by atoms with E-state index in [0.29, 0.717) is 6.54 Å². The van der Waals surface area contributed by atoms with Gasteiger partial charge in [0.2, 0.25) is 0 Å². The number of carboxylic acid groups (broad SMARTS) is 1. The molecule has 0 bridgehead atoms. The minimum Gasteiger partial charge on any atom is -0.480 e. The molecule has 6 heteroatoms. The molecule has 1 rings (SSSR count). The van der Waals surface area contributed by atoms with Gasteiger partial charge in [-0.1, -0.05) is 20.8 Å². The molecule has 0 aromatic rings. The van der Waals surface area contributed by atoms with E-state index in [-0.39, 0.29) is 6.10 Å². The lowest BCUT2D eigenvalue weighted by molar-refractivity contribution is -0.141. The van der Waals surface area contributed by atoms with Crippen LogP contribution in [0, 0.1) is 5.41 Å². The minimum absolute atomic E-state index is 0.0393.